The second-order valence-corrected chi connectivity index (χ2v) is 3.52. The molecule has 82 valence electrons. The summed E-state index contributed by atoms with van der Waals surface area (Å²) in [7, 11) is 0. The van der Waals surface area contributed by atoms with Crippen molar-refractivity contribution in [2.45, 2.75) is 13.0 Å². The van der Waals surface area contributed by atoms with Gasteiger partial charge in [0.15, 0.2) is 0 Å². The zero-order chi connectivity index (χ0) is 11.4. The average molecular weight is 216 g/mol. The molecule has 0 spiro atoms. The van der Waals surface area contributed by atoms with Crippen molar-refractivity contribution in [2.24, 2.45) is 0 Å². The first-order chi connectivity index (χ1) is 7.77. The monoisotopic (exact) mass is 216 g/mol. The predicted molar refractivity (Wildman–Crippen MR) is 58.8 cm³/mol. The van der Waals surface area contributed by atoms with Crippen molar-refractivity contribution in [2.75, 3.05) is 0 Å². The number of hydrogen-bond donors (Lipinski definition) is 1. The molecule has 1 N–H and O–H groups in total. The van der Waals surface area contributed by atoms with Gasteiger partial charge in [-0.05, 0) is 12.5 Å². The van der Waals surface area contributed by atoms with E-state index in [1.165, 1.54) is 12.5 Å². The van der Waals surface area contributed by atoms with E-state index in [0.717, 1.165) is 5.56 Å². The van der Waals surface area contributed by atoms with E-state index in [2.05, 4.69) is 15.0 Å². The summed E-state index contributed by atoms with van der Waals surface area (Å²) in [5, 5.41) is 6.35. The van der Waals surface area contributed by atoms with Crippen LogP contribution in [0.4, 0.5) is 0 Å². The molecule has 0 radical (unpaired) electrons. The van der Waals surface area contributed by atoms with Gasteiger partial charge in [0.05, 0.1) is 17.8 Å². The second kappa shape index (κ2) is 4.61. The number of carbonyl (C=O) groups excluding carboxylic acids is 1. The molecule has 2 aromatic rings. The number of benzene rings is 1. The molecule has 1 amide bonds. The number of nitrogens with one attached hydrogen (secondary N) is 1. The third-order valence-corrected chi connectivity index (χ3v) is 2.34. The summed E-state index contributed by atoms with van der Waals surface area (Å²) in [5.41, 5.74) is 1.50. The Kier molecular flexibility index (Phi) is 3.00. The highest BCUT2D eigenvalue weighted by Gasteiger charge is 2.12. The summed E-state index contributed by atoms with van der Waals surface area (Å²) >= 11 is 0. The summed E-state index contributed by atoms with van der Waals surface area (Å²) in [6.45, 7) is 1.93. The van der Waals surface area contributed by atoms with Crippen LogP contribution in [0.25, 0.3) is 0 Å². The van der Waals surface area contributed by atoms with Crippen LogP contribution in [-0.2, 0) is 0 Å². The molecule has 0 saturated carbocycles. The maximum atomic E-state index is 11.7. The minimum atomic E-state index is -0.183. The largest absolute Gasteiger partial charge is 0.364 e. The lowest BCUT2D eigenvalue weighted by atomic mass is 10.1. The molecular formula is C12H12N2O2. The first-order valence-electron chi connectivity index (χ1n) is 5.02. The van der Waals surface area contributed by atoms with Crippen molar-refractivity contribution < 1.29 is 9.32 Å². The maximum Gasteiger partial charge on any atom is 0.256 e. The Labute approximate surface area is 93.3 Å². The van der Waals surface area contributed by atoms with Crippen molar-refractivity contribution in [3.05, 3.63) is 53.9 Å². The fourth-order valence-electron chi connectivity index (χ4n) is 1.42. The van der Waals surface area contributed by atoms with Gasteiger partial charge in [-0.2, -0.15) is 0 Å². The van der Waals surface area contributed by atoms with E-state index in [1.807, 2.05) is 37.3 Å². The van der Waals surface area contributed by atoms with Crippen molar-refractivity contribution in [1.82, 2.24) is 10.5 Å². The summed E-state index contributed by atoms with van der Waals surface area (Å²) in [4.78, 5) is 11.7. The summed E-state index contributed by atoms with van der Waals surface area (Å²) in [6, 6.07) is 9.73. The normalized spacial score (nSPS) is 12.1. The van der Waals surface area contributed by atoms with Crippen molar-refractivity contribution in [3.8, 4) is 0 Å². The molecule has 1 unspecified atom stereocenters. The predicted octanol–water partition coefficient (Wildman–Crippen LogP) is 2.17. The molecule has 2 rings (SSSR count). The van der Waals surface area contributed by atoms with E-state index in [9.17, 15) is 4.79 Å². The van der Waals surface area contributed by atoms with E-state index in [4.69, 9.17) is 0 Å². The molecule has 0 saturated heterocycles. The fraction of sp³-hybridized carbons (Fsp3) is 0.167. The Balaban J connectivity index is 2.03. The molecule has 4 heteroatoms. The minimum absolute atomic E-state index is 0.0383. The molecule has 1 atom stereocenters. The van der Waals surface area contributed by atoms with Gasteiger partial charge in [-0.1, -0.05) is 35.5 Å². The SMILES string of the molecule is CC(NC(=O)c1cnoc1)c1ccccc1. The molecule has 0 aliphatic rings. The lowest BCUT2D eigenvalue weighted by molar-refractivity contribution is 0.0939. The molecule has 0 bridgehead atoms. The van der Waals surface area contributed by atoms with Gasteiger partial charge in [-0.15, -0.1) is 0 Å². The number of nitrogens with zero attached hydrogens (tertiary/aromatic N) is 1. The van der Waals surface area contributed by atoms with E-state index in [0.29, 0.717) is 5.56 Å². The van der Waals surface area contributed by atoms with Gasteiger partial charge < -0.3 is 9.84 Å². The van der Waals surface area contributed by atoms with Gasteiger partial charge >= 0.3 is 0 Å². The zero-order valence-corrected chi connectivity index (χ0v) is 8.88. The van der Waals surface area contributed by atoms with Gasteiger partial charge in [-0.25, -0.2) is 0 Å². The smallest absolute Gasteiger partial charge is 0.256 e. The Morgan fingerprint density at radius 3 is 2.75 bits per heavy atom. The minimum Gasteiger partial charge on any atom is -0.364 e. The topological polar surface area (TPSA) is 55.1 Å². The van der Waals surface area contributed by atoms with Crippen LogP contribution in [0.1, 0.15) is 28.9 Å². The van der Waals surface area contributed by atoms with Crippen LogP contribution in [0, 0.1) is 0 Å². The van der Waals surface area contributed by atoms with Crippen LogP contribution in [0.2, 0.25) is 0 Å². The highest BCUT2D eigenvalue weighted by atomic mass is 16.5. The first kappa shape index (κ1) is 10.4. The van der Waals surface area contributed by atoms with E-state index >= 15 is 0 Å². The molecule has 1 aromatic carbocycles. The third kappa shape index (κ3) is 2.28. The molecule has 0 aliphatic heterocycles. The summed E-state index contributed by atoms with van der Waals surface area (Å²) in [5.74, 6) is -0.183. The van der Waals surface area contributed by atoms with Crippen LogP contribution in [0.3, 0.4) is 0 Å². The van der Waals surface area contributed by atoms with Crippen LogP contribution < -0.4 is 5.32 Å². The Morgan fingerprint density at radius 2 is 2.12 bits per heavy atom. The van der Waals surface area contributed by atoms with Gasteiger partial charge in [-0.3, -0.25) is 4.79 Å². The van der Waals surface area contributed by atoms with Crippen LogP contribution in [0.5, 0.6) is 0 Å². The van der Waals surface area contributed by atoms with Crippen molar-refractivity contribution in [3.63, 3.8) is 0 Å². The third-order valence-electron chi connectivity index (χ3n) is 2.34. The Bertz CT molecular complexity index is 451. The van der Waals surface area contributed by atoms with Crippen LogP contribution in [-0.4, -0.2) is 11.1 Å². The number of carbonyl (C=O) groups is 1. The standard InChI is InChI=1S/C12H12N2O2/c1-9(10-5-3-2-4-6-10)14-12(15)11-7-13-16-8-11/h2-9H,1H3,(H,14,15). The summed E-state index contributed by atoms with van der Waals surface area (Å²) in [6.07, 6.45) is 2.72. The molecule has 4 nitrogen and oxygen atoms in total. The van der Waals surface area contributed by atoms with Crippen LogP contribution >= 0.6 is 0 Å². The van der Waals surface area contributed by atoms with E-state index in [-0.39, 0.29) is 11.9 Å². The second-order valence-electron chi connectivity index (χ2n) is 3.52. The molecular weight excluding hydrogens is 204 g/mol. The number of aromatic nitrogens is 1. The number of amides is 1. The van der Waals surface area contributed by atoms with Gasteiger partial charge in [0.1, 0.15) is 6.26 Å². The van der Waals surface area contributed by atoms with Crippen molar-refractivity contribution in [1.29, 1.82) is 0 Å². The Hall–Kier alpha value is -2.10. The van der Waals surface area contributed by atoms with E-state index in [1.54, 1.807) is 0 Å². The molecule has 0 aliphatic carbocycles. The fourth-order valence-corrected chi connectivity index (χ4v) is 1.42. The highest BCUT2D eigenvalue weighted by molar-refractivity contribution is 5.93. The average Bonchev–Trinajstić information content (AvgIpc) is 2.83. The number of hydrogen-bond acceptors (Lipinski definition) is 3. The zero-order valence-electron chi connectivity index (χ0n) is 8.88. The molecule has 0 fully saturated rings. The lowest BCUT2D eigenvalue weighted by Crippen LogP contribution is -2.26. The van der Waals surface area contributed by atoms with Crippen LogP contribution in [0.15, 0.2) is 47.3 Å². The van der Waals surface area contributed by atoms with Crippen molar-refractivity contribution >= 4 is 5.91 Å². The molecule has 16 heavy (non-hydrogen) atoms. The van der Waals surface area contributed by atoms with E-state index < -0.39 is 0 Å². The lowest BCUT2D eigenvalue weighted by Gasteiger charge is -2.12. The molecule has 1 aromatic heterocycles. The van der Waals surface area contributed by atoms with Gasteiger partial charge in [0.2, 0.25) is 0 Å². The maximum absolute atomic E-state index is 11.7. The quantitative estimate of drug-likeness (QED) is 0.855. The number of rotatable bonds is 3. The summed E-state index contributed by atoms with van der Waals surface area (Å²) < 4.78 is 4.61. The first-order valence-corrected chi connectivity index (χ1v) is 5.02. The highest BCUT2D eigenvalue weighted by Crippen LogP contribution is 2.11. The Morgan fingerprint density at radius 1 is 1.38 bits per heavy atom. The molecule has 1 heterocycles. The van der Waals surface area contributed by atoms with Gasteiger partial charge in [0, 0.05) is 0 Å². The van der Waals surface area contributed by atoms with Gasteiger partial charge in [0.25, 0.3) is 5.91 Å².